The summed E-state index contributed by atoms with van der Waals surface area (Å²) in [6, 6.07) is 9.14. The van der Waals surface area contributed by atoms with Gasteiger partial charge in [-0.05, 0) is 42.7 Å². The Hall–Kier alpha value is -2.07. The van der Waals surface area contributed by atoms with Crippen molar-refractivity contribution < 1.29 is 4.79 Å². The van der Waals surface area contributed by atoms with E-state index in [1.807, 2.05) is 6.07 Å². The molecule has 1 aromatic heterocycles. The third-order valence-electron chi connectivity index (χ3n) is 3.54. The number of nitrogens with one attached hydrogen (secondary N) is 1. The van der Waals surface area contributed by atoms with Crippen LogP contribution >= 0.6 is 11.6 Å². The van der Waals surface area contributed by atoms with Gasteiger partial charge in [0.05, 0.1) is 22.4 Å². The second-order valence-electron chi connectivity index (χ2n) is 4.84. The number of hydrogen-bond donors (Lipinski definition) is 2. The van der Waals surface area contributed by atoms with E-state index in [1.165, 1.54) is 5.56 Å². The first kappa shape index (κ1) is 12.9. The number of benzene rings is 1. The van der Waals surface area contributed by atoms with Crippen LogP contribution in [0.15, 0.2) is 36.5 Å². The van der Waals surface area contributed by atoms with Crippen molar-refractivity contribution in [3.8, 4) is 0 Å². The molecule has 1 heterocycles. The molecule has 20 heavy (non-hydrogen) atoms. The zero-order valence-corrected chi connectivity index (χ0v) is 11.5. The number of halogens is 1. The van der Waals surface area contributed by atoms with Gasteiger partial charge in [0.2, 0.25) is 5.91 Å². The van der Waals surface area contributed by atoms with E-state index in [0.717, 1.165) is 18.5 Å². The van der Waals surface area contributed by atoms with Gasteiger partial charge in [0, 0.05) is 11.8 Å². The van der Waals surface area contributed by atoms with Gasteiger partial charge in [-0.2, -0.15) is 0 Å². The second-order valence-corrected chi connectivity index (χ2v) is 5.25. The number of nitrogens with zero attached hydrogens (tertiary/aromatic N) is 1. The third-order valence-corrected chi connectivity index (χ3v) is 3.87. The fourth-order valence-corrected chi connectivity index (χ4v) is 2.70. The first-order valence-electron chi connectivity index (χ1n) is 6.45. The average molecular weight is 288 g/mol. The van der Waals surface area contributed by atoms with Crippen LogP contribution in [0.5, 0.6) is 0 Å². The van der Waals surface area contributed by atoms with E-state index < -0.39 is 5.91 Å². The standard InChI is InChI=1S/C15H14ClN3O/c16-11-5-3-10(15(17)20)8-13(11)19-12-6-4-9-2-1-7-18-14(9)12/h1-3,5,7-8,12,19H,4,6H2,(H2,17,20). The Morgan fingerprint density at radius 3 is 3.05 bits per heavy atom. The third kappa shape index (κ3) is 2.34. The SMILES string of the molecule is NC(=O)c1ccc(Cl)c(NC2CCc3cccnc32)c1. The predicted molar refractivity (Wildman–Crippen MR) is 78.9 cm³/mol. The van der Waals surface area contributed by atoms with E-state index in [1.54, 1.807) is 24.4 Å². The summed E-state index contributed by atoms with van der Waals surface area (Å²) in [5.74, 6) is -0.463. The highest BCUT2D eigenvalue weighted by atomic mass is 35.5. The highest BCUT2D eigenvalue weighted by molar-refractivity contribution is 6.33. The molecule has 0 fully saturated rings. The van der Waals surface area contributed by atoms with Crippen molar-refractivity contribution in [2.45, 2.75) is 18.9 Å². The molecule has 0 bridgehead atoms. The van der Waals surface area contributed by atoms with Crippen molar-refractivity contribution in [2.24, 2.45) is 5.73 Å². The lowest BCUT2D eigenvalue weighted by atomic mass is 10.1. The van der Waals surface area contributed by atoms with Gasteiger partial charge < -0.3 is 11.1 Å². The van der Waals surface area contributed by atoms with Crippen molar-refractivity contribution >= 4 is 23.2 Å². The number of rotatable bonds is 3. The van der Waals surface area contributed by atoms with Crippen molar-refractivity contribution in [1.29, 1.82) is 0 Å². The van der Waals surface area contributed by atoms with Gasteiger partial charge in [-0.1, -0.05) is 17.7 Å². The Labute approximate surface area is 122 Å². The lowest BCUT2D eigenvalue weighted by molar-refractivity contribution is 0.100. The Balaban J connectivity index is 1.89. The normalized spacial score (nSPS) is 16.8. The number of fused-ring (bicyclic) bond motifs is 1. The number of pyridine rings is 1. The molecule has 3 rings (SSSR count). The second kappa shape index (κ2) is 5.13. The summed E-state index contributed by atoms with van der Waals surface area (Å²) in [4.78, 5) is 15.7. The minimum absolute atomic E-state index is 0.117. The molecule has 2 aromatic rings. The molecule has 1 amide bonds. The summed E-state index contributed by atoms with van der Waals surface area (Å²) in [7, 11) is 0. The first-order valence-corrected chi connectivity index (χ1v) is 6.82. The van der Waals surface area contributed by atoms with E-state index in [4.69, 9.17) is 17.3 Å². The fourth-order valence-electron chi connectivity index (χ4n) is 2.53. The summed E-state index contributed by atoms with van der Waals surface area (Å²) in [5.41, 5.74) is 8.76. The van der Waals surface area contributed by atoms with Crippen LogP contribution in [0.25, 0.3) is 0 Å². The molecule has 102 valence electrons. The largest absolute Gasteiger partial charge is 0.375 e. The van der Waals surface area contributed by atoms with Crippen molar-refractivity contribution in [3.63, 3.8) is 0 Å². The van der Waals surface area contributed by atoms with Crippen LogP contribution < -0.4 is 11.1 Å². The Kier molecular flexibility index (Phi) is 3.32. The number of carbonyl (C=O) groups is 1. The monoisotopic (exact) mass is 287 g/mol. The number of hydrogen-bond acceptors (Lipinski definition) is 3. The van der Waals surface area contributed by atoms with Crippen LogP contribution in [-0.2, 0) is 6.42 Å². The summed E-state index contributed by atoms with van der Waals surface area (Å²) < 4.78 is 0. The smallest absolute Gasteiger partial charge is 0.248 e. The van der Waals surface area contributed by atoms with E-state index >= 15 is 0 Å². The van der Waals surface area contributed by atoms with Crippen molar-refractivity contribution in [1.82, 2.24) is 4.98 Å². The molecule has 1 atom stereocenters. The van der Waals surface area contributed by atoms with Crippen LogP contribution in [0.3, 0.4) is 0 Å². The topological polar surface area (TPSA) is 68.0 Å². The summed E-state index contributed by atoms with van der Waals surface area (Å²) in [6.45, 7) is 0. The Bertz CT molecular complexity index is 672. The molecule has 3 N–H and O–H groups in total. The fraction of sp³-hybridized carbons (Fsp3) is 0.200. The Morgan fingerprint density at radius 2 is 2.25 bits per heavy atom. The van der Waals surface area contributed by atoms with Crippen LogP contribution in [0.4, 0.5) is 5.69 Å². The molecule has 0 spiro atoms. The van der Waals surface area contributed by atoms with Crippen LogP contribution in [0, 0.1) is 0 Å². The van der Waals surface area contributed by atoms with Crippen molar-refractivity contribution in [3.05, 3.63) is 58.4 Å². The van der Waals surface area contributed by atoms with E-state index in [9.17, 15) is 4.79 Å². The number of aromatic nitrogens is 1. The van der Waals surface area contributed by atoms with Crippen LogP contribution in [0.2, 0.25) is 5.02 Å². The summed E-state index contributed by atoms with van der Waals surface area (Å²) in [5, 5.41) is 3.93. The zero-order valence-electron chi connectivity index (χ0n) is 10.8. The molecule has 1 aromatic carbocycles. The number of primary amides is 1. The molecule has 0 aliphatic heterocycles. The minimum Gasteiger partial charge on any atom is -0.375 e. The first-order chi connectivity index (χ1) is 9.65. The maximum Gasteiger partial charge on any atom is 0.248 e. The van der Waals surface area contributed by atoms with Gasteiger partial charge in [0.1, 0.15) is 0 Å². The van der Waals surface area contributed by atoms with Crippen LogP contribution in [0.1, 0.15) is 34.1 Å². The van der Waals surface area contributed by atoms with Crippen LogP contribution in [-0.4, -0.2) is 10.9 Å². The molecule has 1 unspecified atom stereocenters. The van der Waals surface area contributed by atoms with E-state index in [2.05, 4.69) is 16.4 Å². The molecule has 4 nitrogen and oxygen atoms in total. The van der Waals surface area contributed by atoms with Gasteiger partial charge in [0.15, 0.2) is 0 Å². The quantitative estimate of drug-likeness (QED) is 0.912. The average Bonchev–Trinajstić information content (AvgIpc) is 2.84. The van der Waals surface area contributed by atoms with Gasteiger partial charge >= 0.3 is 0 Å². The molecule has 0 saturated heterocycles. The molecule has 1 aliphatic rings. The lowest BCUT2D eigenvalue weighted by Crippen LogP contribution is -2.13. The lowest BCUT2D eigenvalue weighted by Gasteiger charge is -2.16. The number of anilines is 1. The number of amides is 1. The molecule has 0 saturated carbocycles. The minimum atomic E-state index is -0.463. The maximum absolute atomic E-state index is 11.2. The van der Waals surface area contributed by atoms with Crippen molar-refractivity contribution in [2.75, 3.05) is 5.32 Å². The Morgan fingerprint density at radius 1 is 1.40 bits per heavy atom. The maximum atomic E-state index is 11.2. The van der Waals surface area contributed by atoms with Gasteiger partial charge in [-0.25, -0.2) is 0 Å². The molecule has 1 aliphatic carbocycles. The van der Waals surface area contributed by atoms with E-state index in [0.29, 0.717) is 16.3 Å². The highest BCUT2D eigenvalue weighted by Crippen LogP contribution is 2.34. The molecular weight excluding hydrogens is 274 g/mol. The van der Waals surface area contributed by atoms with Gasteiger partial charge in [0.25, 0.3) is 0 Å². The number of aryl methyl sites for hydroxylation is 1. The predicted octanol–water partition coefficient (Wildman–Crippen LogP) is 2.93. The summed E-state index contributed by atoms with van der Waals surface area (Å²) in [6.07, 6.45) is 3.75. The summed E-state index contributed by atoms with van der Waals surface area (Å²) >= 11 is 6.17. The van der Waals surface area contributed by atoms with Gasteiger partial charge in [-0.3, -0.25) is 9.78 Å². The van der Waals surface area contributed by atoms with E-state index in [-0.39, 0.29) is 6.04 Å². The number of carbonyl (C=O) groups excluding carboxylic acids is 1. The molecular formula is C15H14ClN3O. The molecule has 0 radical (unpaired) electrons. The van der Waals surface area contributed by atoms with Gasteiger partial charge in [-0.15, -0.1) is 0 Å². The zero-order chi connectivity index (χ0) is 14.1. The number of nitrogens with two attached hydrogens (primary N) is 1. The molecule has 5 heteroatoms. The highest BCUT2D eigenvalue weighted by Gasteiger charge is 2.24.